The quantitative estimate of drug-likeness (QED) is 0.383. The second-order valence-corrected chi connectivity index (χ2v) is 7.64. The van der Waals surface area contributed by atoms with Gasteiger partial charge in [0.05, 0.1) is 5.39 Å². The van der Waals surface area contributed by atoms with Gasteiger partial charge in [0, 0.05) is 25.0 Å². The fraction of sp³-hybridized carbons (Fsp3) is 0.136. The van der Waals surface area contributed by atoms with Crippen LogP contribution in [0.4, 0.5) is 0 Å². The molecule has 0 saturated heterocycles. The number of nitrogens with zero attached hydrogens (tertiary/aromatic N) is 4. The summed E-state index contributed by atoms with van der Waals surface area (Å²) in [5.41, 5.74) is 4.27. The van der Waals surface area contributed by atoms with Crippen LogP contribution in [0.25, 0.3) is 21.3 Å². The summed E-state index contributed by atoms with van der Waals surface area (Å²) in [7, 11) is 3.71. The summed E-state index contributed by atoms with van der Waals surface area (Å²) in [6.07, 6.45) is 3.94. The highest BCUT2D eigenvalue weighted by Gasteiger charge is 2.13. The van der Waals surface area contributed by atoms with Crippen molar-refractivity contribution in [3.63, 3.8) is 0 Å². The summed E-state index contributed by atoms with van der Waals surface area (Å²) in [5.74, 6) is 0. The van der Waals surface area contributed by atoms with Gasteiger partial charge in [-0.05, 0) is 23.1 Å². The molecule has 0 N–H and O–H groups in total. The van der Waals surface area contributed by atoms with Crippen LogP contribution in [0.15, 0.2) is 76.2 Å². The van der Waals surface area contributed by atoms with E-state index in [2.05, 4.69) is 58.6 Å². The molecule has 2 aromatic heterocycles. The number of rotatable bonds is 5. The van der Waals surface area contributed by atoms with Gasteiger partial charge in [0.2, 0.25) is 0 Å². The highest BCUT2D eigenvalue weighted by atomic mass is 32.1. The molecular weight excluding hydrogens is 368 g/mol. The Hall–Kier alpha value is -3.25. The molecule has 6 heteroatoms. The van der Waals surface area contributed by atoms with E-state index in [1.807, 2.05) is 25.5 Å². The van der Waals surface area contributed by atoms with Gasteiger partial charge in [-0.25, -0.2) is 4.98 Å². The van der Waals surface area contributed by atoms with E-state index in [0.717, 1.165) is 22.4 Å². The van der Waals surface area contributed by atoms with Crippen molar-refractivity contribution in [2.24, 2.45) is 5.10 Å². The van der Waals surface area contributed by atoms with Crippen LogP contribution in [-0.2, 0) is 6.42 Å². The third-order valence-corrected chi connectivity index (χ3v) is 5.29. The van der Waals surface area contributed by atoms with E-state index >= 15 is 0 Å². The van der Waals surface area contributed by atoms with E-state index in [1.54, 1.807) is 11.2 Å². The van der Waals surface area contributed by atoms with Gasteiger partial charge in [-0.3, -0.25) is 4.79 Å². The van der Waals surface area contributed by atoms with Crippen LogP contribution >= 0.6 is 11.3 Å². The van der Waals surface area contributed by atoms with Gasteiger partial charge in [-0.15, -0.1) is 11.3 Å². The van der Waals surface area contributed by atoms with Gasteiger partial charge in [-0.2, -0.15) is 9.78 Å². The second-order valence-electron chi connectivity index (χ2n) is 6.78. The van der Waals surface area contributed by atoms with Gasteiger partial charge in [0.25, 0.3) is 5.56 Å². The summed E-state index contributed by atoms with van der Waals surface area (Å²) in [6.45, 7) is 0. The van der Waals surface area contributed by atoms with Crippen molar-refractivity contribution in [2.45, 2.75) is 6.42 Å². The van der Waals surface area contributed by atoms with Crippen molar-refractivity contribution in [1.29, 1.82) is 0 Å². The maximum absolute atomic E-state index is 12.9. The number of hydrogen-bond acceptors (Lipinski definition) is 4. The molecular formula is C22H20N4OS. The molecule has 0 spiro atoms. The Balaban J connectivity index is 1.69. The Morgan fingerprint density at radius 2 is 1.79 bits per heavy atom. The summed E-state index contributed by atoms with van der Waals surface area (Å²) in [5, 5.41) is 6.78. The molecule has 2 heterocycles. The first-order valence-corrected chi connectivity index (χ1v) is 9.83. The van der Waals surface area contributed by atoms with Gasteiger partial charge in [0.1, 0.15) is 17.5 Å². The van der Waals surface area contributed by atoms with Crippen molar-refractivity contribution < 1.29 is 0 Å². The molecule has 0 aliphatic heterocycles. The molecule has 5 nitrogen and oxygen atoms in total. The van der Waals surface area contributed by atoms with Crippen molar-refractivity contribution in [1.82, 2.24) is 14.6 Å². The van der Waals surface area contributed by atoms with E-state index < -0.39 is 0 Å². The van der Waals surface area contributed by atoms with Crippen LogP contribution in [-0.4, -0.2) is 35.0 Å². The Kier molecular flexibility index (Phi) is 5.04. The summed E-state index contributed by atoms with van der Waals surface area (Å²) < 4.78 is 1.28. The highest BCUT2D eigenvalue weighted by Crippen LogP contribution is 2.31. The van der Waals surface area contributed by atoms with E-state index in [0.29, 0.717) is 5.39 Å². The Bertz CT molecular complexity index is 1170. The number of benzene rings is 2. The molecule has 4 aromatic rings. The highest BCUT2D eigenvalue weighted by molar-refractivity contribution is 7.17. The van der Waals surface area contributed by atoms with Gasteiger partial charge in [-0.1, -0.05) is 54.6 Å². The first-order chi connectivity index (χ1) is 13.6. The van der Waals surface area contributed by atoms with Crippen LogP contribution in [0.3, 0.4) is 0 Å². The summed E-state index contributed by atoms with van der Waals surface area (Å²) >= 11 is 1.48. The Labute approximate surface area is 167 Å². The molecule has 0 bridgehead atoms. The molecule has 2 aromatic carbocycles. The monoisotopic (exact) mass is 388 g/mol. The zero-order chi connectivity index (χ0) is 19.5. The summed E-state index contributed by atoms with van der Waals surface area (Å²) in [4.78, 5) is 19.8. The average molecular weight is 388 g/mol. The van der Waals surface area contributed by atoms with E-state index in [4.69, 9.17) is 0 Å². The lowest BCUT2D eigenvalue weighted by Crippen LogP contribution is -2.19. The maximum atomic E-state index is 12.9. The zero-order valence-electron chi connectivity index (χ0n) is 15.7. The first kappa shape index (κ1) is 18.1. The standard InChI is InChI=1S/C22H20N4OS/c1-25(2)15-24-26-14-23-21-20(22(26)27)19(13-28-21)18-10-8-17(9-11-18)12-16-6-4-3-5-7-16/h3-11,13-15H,12H2,1-2H3/b24-15-. The number of aromatic nitrogens is 2. The molecule has 140 valence electrons. The predicted octanol–water partition coefficient (Wildman–Crippen LogP) is 4.07. The van der Waals surface area contributed by atoms with Crippen molar-refractivity contribution in [3.8, 4) is 11.1 Å². The number of hydrogen-bond donors (Lipinski definition) is 0. The minimum absolute atomic E-state index is 0.160. The lowest BCUT2D eigenvalue weighted by atomic mass is 10.0. The second kappa shape index (κ2) is 7.78. The minimum Gasteiger partial charge on any atom is -0.367 e. The average Bonchev–Trinajstić information content (AvgIpc) is 3.14. The van der Waals surface area contributed by atoms with Gasteiger partial charge < -0.3 is 4.90 Å². The number of fused-ring (bicyclic) bond motifs is 1. The molecule has 0 unspecified atom stereocenters. The Morgan fingerprint density at radius 3 is 2.50 bits per heavy atom. The SMILES string of the molecule is CN(C)/C=N\n1cnc2scc(-c3ccc(Cc4ccccc4)cc3)c2c1=O. The topological polar surface area (TPSA) is 50.5 Å². The predicted molar refractivity (Wildman–Crippen MR) is 116 cm³/mol. The van der Waals surface area contributed by atoms with Gasteiger partial charge >= 0.3 is 0 Å². The van der Waals surface area contributed by atoms with Crippen LogP contribution in [0, 0.1) is 0 Å². The lowest BCUT2D eigenvalue weighted by Gasteiger charge is -2.05. The maximum Gasteiger partial charge on any atom is 0.283 e. The fourth-order valence-corrected chi connectivity index (χ4v) is 3.92. The van der Waals surface area contributed by atoms with Crippen LogP contribution < -0.4 is 5.56 Å². The molecule has 28 heavy (non-hydrogen) atoms. The van der Waals surface area contributed by atoms with E-state index in [9.17, 15) is 4.79 Å². The third kappa shape index (κ3) is 3.73. The van der Waals surface area contributed by atoms with Crippen LogP contribution in [0.1, 0.15) is 11.1 Å². The molecule has 0 atom stereocenters. The third-order valence-electron chi connectivity index (χ3n) is 4.40. The molecule has 0 aliphatic carbocycles. The number of thiophene rings is 1. The molecule has 0 fully saturated rings. The fourth-order valence-electron chi connectivity index (χ4n) is 3.01. The van der Waals surface area contributed by atoms with Gasteiger partial charge in [0.15, 0.2) is 0 Å². The Morgan fingerprint density at radius 1 is 1.07 bits per heavy atom. The van der Waals surface area contributed by atoms with Crippen molar-refractivity contribution in [2.75, 3.05) is 14.1 Å². The minimum atomic E-state index is -0.160. The van der Waals surface area contributed by atoms with Crippen LogP contribution in [0.2, 0.25) is 0 Å². The lowest BCUT2D eigenvalue weighted by molar-refractivity contribution is 0.629. The van der Waals surface area contributed by atoms with Crippen LogP contribution in [0.5, 0.6) is 0 Å². The smallest absolute Gasteiger partial charge is 0.283 e. The molecule has 0 amide bonds. The largest absolute Gasteiger partial charge is 0.367 e. The van der Waals surface area contributed by atoms with Crippen molar-refractivity contribution in [3.05, 3.63) is 87.8 Å². The van der Waals surface area contributed by atoms with Crippen molar-refractivity contribution >= 4 is 27.9 Å². The first-order valence-electron chi connectivity index (χ1n) is 8.95. The molecule has 0 radical (unpaired) electrons. The molecule has 0 aliphatic rings. The zero-order valence-corrected chi connectivity index (χ0v) is 16.6. The molecule has 0 saturated carbocycles. The van der Waals surface area contributed by atoms with E-state index in [-0.39, 0.29) is 5.56 Å². The van der Waals surface area contributed by atoms with E-state index in [1.165, 1.54) is 33.5 Å². The summed E-state index contributed by atoms with van der Waals surface area (Å²) in [6, 6.07) is 18.8. The molecule has 4 rings (SSSR count). The normalized spacial score (nSPS) is 11.4.